The summed E-state index contributed by atoms with van der Waals surface area (Å²) < 4.78 is 0. The molecule has 1 N–H and O–H groups in total. The van der Waals surface area contributed by atoms with E-state index < -0.39 is 0 Å². The van der Waals surface area contributed by atoms with Gasteiger partial charge in [-0.2, -0.15) is 11.8 Å². The van der Waals surface area contributed by atoms with Gasteiger partial charge in [-0.05, 0) is 29.2 Å². The van der Waals surface area contributed by atoms with Crippen LogP contribution in [0.4, 0.5) is 5.69 Å². The number of nitrogens with one attached hydrogen (secondary N) is 1. The van der Waals surface area contributed by atoms with Crippen molar-refractivity contribution < 1.29 is 0 Å². The molecule has 1 nitrogen and oxygen atoms in total. The molecule has 1 unspecified atom stereocenters. The van der Waals surface area contributed by atoms with Crippen LogP contribution in [-0.2, 0) is 12.2 Å². The molecular weight excluding hydrogens is 262 g/mol. The van der Waals surface area contributed by atoms with Gasteiger partial charge >= 0.3 is 0 Å². The van der Waals surface area contributed by atoms with Crippen molar-refractivity contribution in [2.45, 2.75) is 31.6 Å². The molecule has 3 rings (SSSR count). The number of benzene rings is 2. The summed E-state index contributed by atoms with van der Waals surface area (Å²) in [6.45, 7) is 2.24. The smallest absolute Gasteiger partial charge is 0.0607 e. The van der Waals surface area contributed by atoms with Crippen LogP contribution in [0.3, 0.4) is 0 Å². The van der Waals surface area contributed by atoms with Crippen molar-refractivity contribution in [2.24, 2.45) is 0 Å². The Kier molecular flexibility index (Phi) is 4.31. The maximum Gasteiger partial charge on any atom is 0.0607 e. The van der Waals surface area contributed by atoms with Gasteiger partial charge in [0.1, 0.15) is 0 Å². The fraction of sp³-hybridized carbons (Fsp3) is 0.333. The highest BCUT2D eigenvalue weighted by Crippen LogP contribution is 2.34. The highest BCUT2D eigenvalue weighted by atomic mass is 32.2. The van der Waals surface area contributed by atoms with Crippen LogP contribution in [0.2, 0.25) is 0 Å². The number of anilines is 1. The lowest BCUT2D eigenvalue weighted by atomic mass is 10.0. The summed E-state index contributed by atoms with van der Waals surface area (Å²) >= 11 is 2.02. The first-order valence-corrected chi connectivity index (χ1v) is 8.54. The van der Waals surface area contributed by atoms with Gasteiger partial charge < -0.3 is 5.32 Å². The van der Waals surface area contributed by atoms with Crippen LogP contribution in [0.1, 0.15) is 36.1 Å². The highest BCUT2D eigenvalue weighted by molar-refractivity contribution is 7.98. The first-order valence-electron chi connectivity index (χ1n) is 7.38. The Morgan fingerprint density at radius 2 is 1.90 bits per heavy atom. The van der Waals surface area contributed by atoms with Gasteiger partial charge in [-0.25, -0.2) is 0 Å². The van der Waals surface area contributed by atoms with Crippen LogP contribution >= 0.6 is 11.8 Å². The lowest BCUT2D eigenvalue weighted by Gasteiger charge is -2.27. The van der Waals surface area contributed by atoms with E-state index in [1.807, 2.05) is 11.8 Å². The van der Waals surface area contributed by atoms with Crippen LogP contribution in [0.15, 0.2) is 48.5 Å². The molecule has 0 radical (unpaired) electrons. The van der Waals surface area contributed by atoms with Gasteiger partial charge in [-0.15, -0.1) is 0 Å². The average molecular weight is 283 g/mol. The fourth-order valence-electron chi connectivity index (χ4n) is 2.84. The third kappa shape index (κ3) is 2.85. The maximum absolute atomic E-state index is 3.77. The zero-order valence-electron chi connectivity index (χ0n) is 11.9. The first kappa shape index (κ1) is 13.6. The van der Waals surface area contributed by atoms with E-state index in [-0.39, 0.29) is 0 Å². The normalized spacial score (nSPS) is 17.6. The summed E-state index contributed by atoms with van der Waals surface area (Å²) in [4.78, 5) is 0. The number of hydrogen-bond donors (Lipinski definition) is 1. The van der Waals surface area contributed by atoms with Gasteiger partial charge in [0.25, 0.3) is 0 Å². The fourth-order valence-corrected chi connectivity index (χ4v) is 3.94. The SMILES string of the molecule is CCCc1ccccc1NC1CSCc2ccccc21. The molecule has 2 aromatic rings. The highest BCUT2D eigenvalue weighted by Gasteiger charge is 2.20. The Labute approximate surface area is 125 Å². The molecule has 1 aliphatic heterocycles. The van der Waals surface area contributed by atoms with Gasteiger partial charge in [-0.3, -0.25) is 0 Å². The van der Waals surface area contributed by atoms with Crippen molar-refractivity contribution in [3.8, 4) is 0 Å². The van der Waals surface area contributed by atoms with Crippen LogP contribution in [0, 0.1) is 0 Å². The van der Waals surface area contributed by atoms with Gasteiger partial charge in [0.2, 0.25) is 0 Å². The van der Waals surface area contributed by atoms with E-state index in [4.69, 9.17) is 0 Å². The van der Waals surface area contributed by atoms with E-state index in [1.165, 1.54) is 28.8 Å². The Morgan fingerprint density at radius 1 is 1.10 bits per heavy atom. The topological polar surface area (TPSA) is 12.0 Å². The molecule has 2 aromatic carbocycles. The minimum absolute atomic E-state index is 0.433. The summed E-state index contributed by atoms with van der Waals surface area (Å²) in [5.74, 6) is 2.29. The van der Waals surface area contributed by atoms with Crippen LogP contribution < -0.4 is 5.32 Å². The number of thioether (sulfide) groups is 1. The van der Waals surface area contributed by atoms with E-state index in [1.54, 1.807) is 0 Å². The largest absolute Gasteiger partial charge is 0.377 e. The molecule has 20 heavy (non-hydrogen) atoms. The Morgan fingerprint density at radius 3 is 2.80 bits per heavy atom. The molecule has 0 aromatic heterocycles. The lowest BCUT2D eigenvalue weighted by Crippen LogP contribution is -2.19. The third-order valence-electron chi connectivity index (χ3n) is 3.84. The Balaban J connectivity index is 1.86. The van der Waals surface area contributed by atoms with E-state index >= 15 is 0 Å². The molecule has 104 valence electrons. The second kappa shape index (κ2) is 6.36. The predicted molar refractivity (Wildman–Crippen MR) is 89.4 cm³/mol. The van der Waals surface area contributed by atoms with Gasteiger partial charge in [-0.1, -0.05) is 55.8 Å². The molecule has 2 heteroatoms. The van der Waals surface area contributed by atoms with Crippen molar-refractivity contribution in [1.82, 2.24) is 0 Å². The summed E-state index contributed by atoms with van der Waals surface area (Å²) in [7, 11) is 0. The molecule has 1 aliphatic rings. The molecule has 0 aliphatic carbocycles. The number of hydrogen-bond acceptors (Lipinski definition) is 2. The van der Waals surface area contributed by atoms with Crippen molar-refractivity contribution in [1.29, 1.82) is 0 Å². The predicted octanol–water partition coefficient (Wildman–Crippen LogP) is 5.04. The molecule has 0 amide bonds. The van der Waals surface area contributed by atoms with E-state index in [0.29, 0.717) is 6.04 Å². The molecular formula is C18H21NS. The molecule has 0 saturated carbocycles. The zero-order chi connectivity index (χ0) is 13.8. The molecule has 0 bridgehead atoms. The standard InChI is InChI=1S/C18H21NS/c1-2-7-14-8-4-6-11-17(14)19-18-13-20-12-15-9-3-5-10-16(15)18/h3-6,8-11,18-19H,2,7,12-13H2,1H3. The number of rotatable bonds is 4. The van der Waals surface area contributed by atoms with Crippen molar-refractivity contribution in [3.63, 3.8) is 0 Å². The number of fused-ring (bicyclic) bond motifs is 1. The molecule has 1 atom stereocenters. The van der Waals surface area contributed by atoms with Crippen molar-refractivity contribution >= 4 is 17.4 Å². The average Bonchev–Trinajstić information content (AvgIpc) is 2.50. The number of para-hydroxylation sites is 1. The lowest BCUT2D eigenvalue weighted by molar-refractivity contribution is 0.858. The monoisotopic (exact) mass is 283 g/mol. The quantitative estimate of drug-likeness (QED) is 0.843. The summed E-state index contributed by atoms with van der Waals surface area (Å²) in [6.07, 6.45) is 2.33. The Bertz CT molecular complexity index is 579. The van der Waals surface area contributed by atoms with E-state index in [0.717, 1.165) is 17.9 Å². The number of aryl methyl sites for hydroxylation is 1. The summed E-state index contributed by atoms with van der Waals surface area (Å²) in [5, 5.41) is 3.77. The first-order chi connectivity index (χ1) is 9.88. The van der Waals surface area contributed by atoms with Gasteiger partial charge in [0.15, 0.2) is 0 Å². The second-order valence-electron chi connectivity index (χ2n) is 5.32. The van der Waals surface area contributed by atoms with Crippen molar-refractivity contribution in [2.75, 3.05) is 11.1 Å². The summed E-state index contributed by atoms with van der Waals surface area (Å²) in [6, 6.07) is 18.0. The van der Waals surface area contributed by atoms with Crippen LogP contribution in [0.25, 0.3) is 0 Å². The summed E-state index contributed by atoms with van der Waals surface area (Å²) in [5.41, 5.74) is 5.69. The van der Waals surface area contributed by atoms with Crippen molar-refractivity contribution in [3.05, 3.63) is 65.2 Å². The maximum atomic E-state index is 3.77. The van der Waals surface area contributed by atoms with Gasteiger partial charge in [0, 0.05) is 17.2 Å². The van der Waals surface area contributed by atoms with E-state index in [9.17, 15) is 0 Å². The van der Waals surface area contributed by atoms with E-state index in [2.05, 4.69) is 60.8 Å². The molecule has 0 saturated heterocycles. The zero-order valence-corrected chi connectivity index (χ0v) is 12.7. The van der Waals surface area contributed by atoms with Crippen LogP contribution in [0.5, 0.6) is 0 Å². The molecule has 0 fully saturated rings. The Hall–Kier alpha value is -1.41. The molecule has 1 heterocycles. The van der Waals surface area contributed by atoms with Crippen LogP contribution in [-0.4, -0.2) is 5.75 Å². The minimum atomic E-state index is 0.433. The minimum Gasteiger partial charge on any atom is -0.377 e. The third-order valence-corrected chi connectivity index (χ3v) is 4.92. The second-order valence-corrected chi connectivity index (χ2v) is 6.35. The molecule has 0 spiro atoms. The van der Waals surface area contributed by atoms with Gasteiger partial charge in [0.05, 0.1) is 6.04 Å².